The molecule has 0 saturated carbocycles. The van der Waals surface area contributed by atoms with Crippen molar-refractivity contribution in [2.24, 2.45) is 33.8 Å². The van der Waals surface area contributed by atoms with Crippen LogP contribution in [0.4, 0.5) is 0 Å². The van der Waals surface area contributed by atoms with E-state index in [9.17, 15) is 14.2 Å². The number of aromatic nitrogens is 2. The first kappa shape index (κ1) is 41.1. The van der Waals surface area contributed by atoms with E-state index in [-0.39, 0.29) is 54.9 Å². The molecule has 11 nitrogen and oxygen atoms in total. The molecule has 52 heavy (non-hydrogen) atoms. The minimum Gasteiger partial charge on any atom is -0.462 e. The van der Waals surface area contributed by atoms with Gasteiger partial charge in [0.2, 0.25) is 12.2 Å². The highest BCUT2D eigenvalue weighted by atomic mass is 31.2. The number of esters is 2. The Labute approximate surface area is 309 Å². The molecule has 1 saturated heterocycles. The SMILES string of the molecule is CCC(C)(C)C(=O)O[C@H](C)C[C@@H](C)/C=C(C)/C=C\[C@H](C)[C@@H](C)CC[C@H]1C[C@@H](COP2(=O)N=C(c3cccnc3)OC(c3cccnc3)O2)CC(=O)O1. The Morgan fingerprint density at radius 3 is 2.50 bits per heavy atom. The van der Waals surface area contributed by atoms with Gasteiger partial charge in [0.1, 0.15) is 6.10 Å². The van der Waals surface area contributed by atoms with Crippen LogP contribution >= 0.6 is 7.75 Å². The van der Waals surface area contributed by atoms with E-state index in [1.165, 1.54) is 5.57 Å². The van der Waals surface area contributed by atoms with Crippen LogP contribution in [-0.2, 0) is 37.4 Å². The van der Waals surface area contributed by atoms with Gasteiger partial charge in [0, 0.05) is 30.4 Å². The van der Waals surface area contributed by atoms with Crippen LogP contribution in [0.3, 0.4) is 0 Å². The molecule has 2 aromatic heterocycles. The van der Waals surface area contributed by atoms with Gasteiger partial charge in [-0.15, -0.1) is 4.76 Å². The lowest BCUT2D eigenvalue weighted by Gasteiger charge is -2.32. The van der Waals surface area contributed by atoms with E-state index in [4.69, 9.17) is 23.3 Å². The highest BCUT2D eigenvalue weighted by Gasteiger charge is 2.40. The normalized spacial score (nSPS) is 25.0. The van der Waals surface area contributed by atoms with Crippen molar-refractivity contribution < 1.29 is 37.4 Å². The van der Waals surface area contributed by atoms with Crippen molar-refractivity contribution in [3.8, 4) is 0 Å². The van der Waals surface area contributed by atoms with E-state index in [1.807, 2.05) is 27.7 Å². The predicted molar refractivity (Wildman–Crippen MR) is 200 cm³/mol. The first-order chi connectivity index (χ1) is 24.7. The smallest absolute Gasteiger partial charge is 0.460 e. The van der Waals surface area contributed by atoms with Crippen molar-refractivity contribution in [2.45, 2.75) is 112 Å². The Morgan fingerprint density at radius 2 is 1.83 bits per heavy atom. The third-order valence-corrected chi connectivity index (χ3v) is 11.2. The van der Waals surface area contributed by atoms with E-state index in [2.05, 4.69) is 60.7 Å². The second kappa shape index (κ2) is 18.9. The molecule has 0 aliphatic carbocycles. The fourth-order valence-corrected chi connectivity index (χ4v) is 7.39. The monoisotopic (exact) mass is 737 g/mol. The van der Waals surface area contributed by atoms with Gasteiger partial charge in [-0.3, -0.25) is 24.1 Å². The van der Waals surface area contributed by atoms with Crippen LogP contribution in [0.1, 0.15) is 111 Å². The van der Waals surface area contributed by atoms with E-state index in [1.54, 1.807) is 49.1 Å². The molecule has 1 fully saturated rings. The first-order valence-electron chi connectivity index (χ1n) is 18.4. The Morgan fingerprint density at radius 1 is 1.10 bits per heavy atom. The molecule has 0 radical (unpaired) electrons. The maximum atomic E-state index is 13.9. The third kappa shape index (κ3) is 12.5. The van der Waals surface area contributed by atoms with Gasteiger partial charge in [0.05, 0.1) is 30.1 Å². The molecule has 284 valence electrons. The lowest BCUT2D eigenvalue weighted by molar-refractivity contribution is -0.160. The number of pyridine rings is 2. The topological polar surface area (TPSA) is 136 Å². The zero-order valence-electron chi connectivity index (χ0n) is 31.9. The number of hydrogen-bond donors (Lipinski definition) is 0. The van der Waals surface area contributed by atoms with Gasteiger partial charge in [-0.1, -0.05) is 51.5 Å². The molecule has 8 atom stereocenters. The zero-order valence-corrected chi connectivity index (χ0v) is 32.8. The Bertz CT molecular complexity index is 1610. The number of nitrogens with zero attached hydrogens (tertiary/aromatic N) is 3. The summed E-state index contributed by atoms with van der Waals surface area (Å²) in [6.07, 6.45) is 15.4. The van der Waals surface area contributed by atoms with E-state index >= 15 is 0 Å². The van der Waals surface area contributed by atoms with Crippen molar-refractivity contribution in [2.75, 3.05) is 6.61 Å². The fraction of sp³-hybridized carbons (Fsp3) is 0.575. The van der Waals surface area contributed by atoms with Crippen LogP contribution in [0.2, 0.25) is 0 Å². The summed E-state index contributed by atoms with van der Waals surface area (Å²) in [5.41, 5.74) is 1.79. The molecule has 2 unspecified atom stereocenters. The number of ether oxygens (including phenoxy) is 3. The van der Waals surface area contributed by atoms with E-state index in [0.717, 1.165) is 19.3 Å². The highest BCUT2D eigenvalue weighted by Crippen LogP contribution is 2.57. The molecular formula is C40H56N3O8P. The Hall–Kier alpha value is -3.66. The van der Waals surface area contributed by atoms with Crippen LogP contribution in [-0.4, -0.2) is 46.6 Å². The molecular weight excluding hydrogens is 681 g/mol. The van der Waals surface area contributed by atoms with Crippen molar-refractivity contribution >= 4 is 25.6 Å². The second-order valence-electron chi connectivity index (χ2n) is 15.0. The molecule has 0 amide bonds. The third-order valence-electron chi connectivity index (χ3n) is 9.85. The Kier molecular flexibility index (Phi) is 14.9. The van der Waals surface area contributed by atoms with Crippen LogP contribution in [0.25, 0.3) is 0 Å². The maximum absolute atomic E-state index is 13.9. The summed E-state index contributed by atoms with van der Waals surface area (Å²) in [7, 11) is -4.03. The summed E-state index contributed by atoms with van der Waals surface area (Å²) in [4.78, 5) is 33.3. The van der Waals surface area contributed by atoms with Crippen LogP contribution < -0.4 is 0 Å². The number of cyclic esters (lactones) is 1. The number of carbonyl (C=O) groups is 2. The lowest BCUT2D eigenvalue weighted by atomic mass is 9.87. The van der Waals surface area contributed by atoms with E-state index < -0.39 is 19.5 Å². The maximum Gasteiger partial charge on any atom is 0.460 e. The highest BCUT2D eigenvalue weighted by molar-refractivity contribution is 7.52. The van der Waals surface area contributed by atoms with Crippen LogP contribution in [0.15, 0.2) is 77.6 Å². The van der Waals surface area contributed by atoms with Crippen LogP contribution in [0, 0.1) is 29.1 Å². The predicted octanol–water partition coefficient (Wildman–Crippen LogP) is 9.36. The second-order valence-corrected chi connectivity index (χ2v) is 16.6. The number of rotatable bonds is 17. The van der Waals surface area contributed by atoms with Gasteiger partial charge >= 0.3 is 19.7 Å². The Balaban J connectivity index is 1.27. The summed E-state index contributed by atoms with van der Waals surface area (Å²) in [6, 6.07) is 6.96. The molecule has 12 heteroatoms. The average molecular weight is 738 g/mol. The van der Waals surface area contributed by atoms with Crippen molar-refractivity contribution in [1.82, 2.24) is 9.97 Å². The zero-order chi connectivity index (χ0) is 37.9. The summed E-state index contributed by atoms with van der Waals surface area (Å²) in [6.45, 7) is 16.4. The fourth-order valence-electron chi connectivity index (χ4n) is 6.03. The molecule has 2 aliphatic rings. The molecule has 0 bridgehead atoms. The molecule has 4 rings (SSSR count). The van der Waals surface area contributed by atoms with Gasteiger partial charge < -0.3 is 14.2 Å². The quantitative estimate of drug-likeness (QED) is 0.0878. The van der Waals surface area contributed by atoms with Crippen LogP contribution in [0.5, 0.6) is 0 Å². The van der Waals surface area contributed by atoms with Gasteiger partial charge in [-0.05, 0) is 108 Å². The molecule has 0 N–H and O–H groups in total. The number of allylic oxidation sites excluding steroid dienone is 4. The van der Waals surface area contributed by atoms with E-state index in [0.29, 0.717) is 35.8 Å². The summed E-state index contributed by atoms with van der Waals surface area (Å²) < 4.78 is 47.2. The molecule has 2 aromatic rings. The van der Waals surface area contributed by atoms with Gasteiger partial charge in [-0.25, -0.2) is 9.09 Å². The summed E-state index contributed by atoms with van der Waals surface area (Å²) in [5.74, 6) is 0.378. The van der Waals surface area contributed by atoms with Gasteiger partial charge in [0.15, 0.2) is 0 Å². The standard InChI is InChI=1S/C40H56N3O8P/c1-9-40(7,8)39(45)48-31(6)21-28(3)20-27(2)14-15-29(4)30(5)16-17-35-22-32(23-36(44)49-35)26-47-52(46)43-37(33-12-10-18-41-24-33)50-38(51-52)34-13-11-19-42-25-34/h10-15,18-20,24-25,28-32,35,38H,9,16-17,21-23,26H2,1-8H3/b15-14-,27-20+/t28-,29-,30-,31+,32+,35-,38?,52?/m0/s1. The first-order valence-corrected chi connectivity index (χ1v) is 19.9. The number of hydrogen-bond acceptors (Lipinski definition) is 10. The largest absolute Gasteiger partial charge is 0.462 e. The molecule has 0 aromatic carbocycles. The summed E-state index contributed by atoms with van der Waals surface area (Å²) >= 11 is 0. The van der Waals surface area contributed by atoms with Crippen molar-refractivity contribution in [3.63, 3.8) is 0 Å². The number of carbonyl (C=O) groups excluding carboxylic acids is 2. The van der Waals surface area contributed by atoms with Crippen molar-refractivity contribution in [1.29, 1.82) is 0 Å². The van der Waals surface area contributed by atoms with Crippen molar-refractivity contribution in [3.05, 3.63) is 84.0 Å². The van der Waals surface area contributed by atoms with Gasteiger partial charge in [0.25, 0.3) is 0 Å². The van der Waals surface area contributed by atoms with Gasteiger partial charge in [-0.2, -0.15) is 0 Å². The average Bonchev–Trinajstić information content (AvgIpc) is 3.12. The molecule has 0 spiro atoms. The minimum atomic E-state index is -4.03. The summed E-state index contributed by atoms with van der Waals surface area (Å²) in [5, 5.41) is 0. The molecule has 4 heterocycles. The molecule has 2 aliphatic heterocycles. The lowest BCUT2D eigenvalue weighted by Crippen LogP contribution is -2.32. The minimum absolute atomic E-state index is 0.0170.